The van der Waals surface area contributed by atoms with Crippen LogP contribution in [-0.2, 0) is 4.79 Å². The van der Waals surface area contributed by atoms with Crippen LogP contribution in [0.15, 0.2) is 0 Å². The van der Waals surface area contributed by atoms with Crippen LogP contribution in [0.25, 0.3) is 0 Å². The molecule has 2 aliphatic heterocycles. The second-order valence-corrected chi connectivity index (χ2v) is 6.12. The number of piperidine rings is 1. The highest BCUT2D eigenvalue weighted by Crippen LogP contribution is 2.25. The minimum Gasteiger partial charge on any atom is -0.481 e. The summed E-state index contributed by atoms with van der Waals surface area (Å²) < 4.78 is 0. The minimum absolute atomic E-state index is 0.0152. The van der Waals surface area contributed by atoms with Crippen LogP contribution in [-0.4, -0.2) is 66.7 Å². The molecule has 6 heteroatoms. The molecule has 0 aromatic rings. The lowest BCUT2D eigenvalue weighted by molar-refractivity contribution is -0.142. The molecule has 114 valence electrons. The molecule has 2 amide bonds. The van der Waals surface area contributed by atoms with E-state index in [9.17, 15) is 9.59 Å². The van der Waals surface area contributed by atoms with Crippen molar-refractivity contribution in [1.82, 2.24) is 15.1 Å². The minimum atomic E-state index is -0.792. The Kier molecular flexibility index (Phi) is 4.86. The molecule has 0 bridgehead atoms. The average molecular weight is 283 g/mol. The summed E-state index contributed by atoms with van der Waals surface area (Å²) in [6.45, 7) is 5.32. The number of hydrogen-bond donors (Lipinski definition) is 2. The van der Waals surface area contributed by atoms with Crippen molar-refractivity contribution in [2.75, 3.05) is 39.8 Å². The van der Waals surface area contributed by atoms with Crippen molar-refractivity contribution in [3.05, 3.63) is 0 Å². The molecule has 0 radical (unpaired) electrons. The summed E-state index contributed by atoms with van der Waals surface area (Å²) in [5, 5.41) is 12.3. The van der Waals surface area contributed by atoms with E-state index in [-0.39, 0.29) is 11.9 Å². The summed E-state index contributed by atoms with van der Waals surface area (Å²) in [6.07, 6.45) is 2.18. The Morgan fingerprint density at radius 1 is 1.25 bits per heavy atom. The molecule has 6 nitrogen and oxygen atoms in total. The van der Waals surface area contributed by atoms with Crippen LogP contribution >= 0.6 is 0 Å². The summed E-state index contributed by atoms with van der Waals surface area (Å²) >= 11 is 0. The van der Waals surface area contributed by atoms with Gasteiger partial charge in [-0.3, -0.25) is 4.79 Å². The lowest BCUT2D eigenvalue weighted by Crippen LogP contribution is -2.48. The molecule has 2 saturated heterocycles. The molecule has 2 aliphatic rings. The van der Waals surface area contributed by atoms with Crippen molar-refractivity contribution in [2.24, 2.45) is 17.8 Å². The molecular formula is C14H25N3O3. The van der Waals surface area contributed by atoms with E-state index in [4.69, 9.17) is 5.11 Å². The molecule has 0 aliphatic carbocycles. The van der Waals surface area contributed by atoms with Gasteiger partial charge in [-0.25, -0.2) is 4.79 Å². The van der Waals surface area contributed by atoms with Gasteiger partial charge in [-0.1, -0.05) is 6.92 Å². The zero-order chi connectivity index (χ0) is 14.7. The van der Waals surface area contributed by atoms with E-state index in [0.29, 0.717) is 19.0 Å². The molecule has 1 unspecified atom stereocenters. The van der Waals surface area contributed by atoms with E-state index in [1.54, 1.807) is 4.90 Å². The third-order valence-corrected chi connectivity index (χ3v) is 4.48. The van der Waals surface area contributed by atoms with Crippen LogP contribution in [0.2, 0.25) is 0 Å². The largest absolute Gasteiger partial charge is 0.481 e. The van der Waals surface area contributed by atoms with Crippen molar-refractivity contribution in [2.45, 2.75) is 19.8 Å². The highest BCUT2D eigenvalue weighted by molar-refractivity contribution is 5.77. The first kappa shape index (κ1) is 15.1. The first-order valence-corrected chi connectivity index (χ1v) is 7.44. The molecule has 0 saturated carbocycles. The molecule has 20 heavy (non-hydrogen) atoms. The first-order valence-electron chi connectivity index (χ1n) is 7.44. The summed E-state index contributed by atoms with van der Waals surface area (Å²) in [5.74, 6) is -0.668. The fourth-order valence-corrected chi connectivity index (χ4v) is 3.34. The number of nitrogens with zero attached hydrogens (tertiary/aromatic N) is 2. The number of carbonyl (C=O) groups is 2. The number of nitrogens with one attached hydrogen (secondary N) is 1. The van der Waals surface area contributed by atoms with Crippen molar-refractivity contribution >= 4 is 12.0 Å². The standard InChI is InChI=1S/C14H25N3O3/c1-10-7-17(9-12(10)13(18)19)14(20)16-5-3-4-11(8-16)6-15-2/h10-12,15H,3-9H2,1-2H3,(H,18,19)/t10-,11?,12-/m1/s1. The van der Waals surface area contributed by atoms with Gasteiger partial charge < -0.3 is 20.2 Å². The van der Waals surface area contributed by atoms with Crippen LogP contribution in [0.3, 0.4) is 0 Å². The zero-order valence-corrected chi connectivity index (χ0v) is 12.3. The Balaban J connectivity index is 1.93. The topological polar surface area (TPSA) is 72.9 Å². The molecule has 2 rings (SSSR count). The van der Waals surface area contributed by atoms with Gasteiger partial charge in [-0.2, -0.15) is 0 Å². The molecule has 3 atom stereocenters. The van der Waals surface area contributed by atoms with Gasteiger partial charge in [-0.05, 0) is 38.3 Å². The van der Waals surface area contributed by atoms with Crippen LogP contribution in [0.5, 0.6) is 0 Å². The average Bonchev–Trinajstić information content (AvgIpc) is 2.81. The second kappa shape index (κ2) is 6.43. The molecule has 2 fully saturated rings. The molecule has 0 aromatic heterocycles. The summed E-state index contributed by atoms with van der Waals surface area (Å²) in [4.78, 5) is 27.2. The SMILES string of the molecule is CNCC1CCCN(C(=O)N2C[C@@H](C)[C@H](C(=O)O)C2)C1. The van der Waals surface area contributed by atoms with Crippen molar-refractivity contribution in [3.63, 3.8) is 0 Å². The van der Waals surface area contributed by atoms with Crippen molar-refractivity contribution in [3.8, 4) is 0 Å². The number of rotatable bonds is 3. The van der Waals surface area contributed by atoms with Crippen LogP contribution in [0.1, 0.15) is 19.8 Å². The van der Waals surface area contributed by atoms with Gasteiger partial charge in [0.15, 0.2) is 0 Å². The first-order chi connectivity index (χ1) is 9.52. The lowest BCUT2D eigenvalue weighted by atomic mass is 9.98. The van der Waals surface area contributed by atoms with Gasteiger partial charge in [0, 0.05) is 26.2 Å². The fraction of sp³-hybridized carbons (Fsp3) is 0.857. The van der Waals surface area contributed by atoms with Gasteiger partial charge in [0.2, 0.25) is 0 Å². The maximum absolute atomic E-state index is 12.5. The van der Waals surface area contributed by atoms with E-state index < -0.39 is 11.9 Å². The van der Waals surface area contributed by atoms with Crippen LogP contribution in [0, 0.1) is 17.8 Å². The van der Waals surface area contributed by atoms with Gasteiger partial charge in [0.05, 0.1) is 5.92 Å². The molecule has 0 aromatic carbocycles. The number of carbonyl (C=O) groups excluding carboxylic acids is 1. The van der Waals surface area contributed by atoms with Gasteiger partial charge >= 0.3 is 12.0 Å². The van der Waals surface area contributed by atoms with E-state index in [1.165, 1.54) is 0 Å². The van der Waals surface area contributed by atoms with Crippen molar-refractivity contribution < 1.29 is 14.7 Å². The lowest BCUT2D eigenvalue weighted by Gasteiger charge is -2.35. The number of likely N-dealkylation sites (tertiary alicyclic amines) is 2. The highest BCUT2D eigenvalue weighted by Gasteiger charge is 2.39. The third kappa shape index (κ3) is 3.23. The van der Waals surface area contributed by atoms with Gasteiger partial charge in [0.1, 0.15) is 0 Å². The number of amides is 2. The van der Waals surface area contributed by atoms with Crippen molar-refractivity contribution in [1.29, 1.82) is 0 Å². The van der Waals surface area contributed by atoms with E-state index in [0.717, 1.165) is 32.5 Å². The molecule has 2 N–H and O–H groups in total. The predicted molar refractivity (Wildman–Crippen MR) is 75.5 cm³/mol. The maximum Gasteiger partial charge on any atom is 0.320 e. The number of hydrogen-bond acceptors (Lipinski definition) is 3. The number of urea groups is 1. The second-order valence-electron chi connectivity index (χ2n) is 6.12. The van der Waals surface area contributed by atoms with Gasteiger partial charge in [0.25, 0.3) is 0 Å². The van der Waals surface area contributed by atoms with E-state index in [1.807, 2.05) is 18.9 Å². The Morgan fingerprint density at radius 3 is 2.60 bits per heavy atom. The van der Waals surface area contributed by atoms with E-state index >= 15 is 0 Å². The molecular weight excluding hydrogens is 258 g/mol. The third-order valence-electron chi connectivity index (χ3n) is 4.48. The quantitative estimate of drug-likeness (QED) is 0.799. The Labute approximate surface area is 120 Å². The number of aliphatic carboxylic acids is 1. The molecule has 2 heterocycles. The highest BCUT2D eigenvalue weighted by atomic mass is 16.4. The Hall–Kier alpha value is -1.30. The maximum atomic E-state index is 12.5. The zero-order valence-electron chi connectivity index (χ0n) is 12.3. The van der Waals surface area contributed by atoms with E-state index in [2.05, 4.69) is 5.32 Å². The van der Waals surface area contributed by atoms with Crippen LogP contribution in [0.4, 0.5) is 4.79 Å². The predicted octanol–water partition coefficient (Wildman–Crippen LogP) is 0.690. The van der Waals surface area contributed by atoms with Gasteiger partial charge in [-0.15, -0.1) is 0 Å². The normalized spacial score (nSPS) is 30.6. The monoisotopic (exact) mass is 283 g/mol. The smallest absolute Gasteiger partial charge is 0.320 e. The number of carboxylic acid groups (broad SMARTS) is 1. The molecule has 0 spiro atoms. The number of carboxylic acids is 1. The Bertz CT molecular complexity index is 373. The van der Waals surface area contributed by atoms with Crippen LogP contribution < -0.4 is 5.32 Å². The summed E-state index contributed by atoms with van der Waals surface area (Å²) in [6, 6.07) is 0.0152. The summed E-state index contributed by atoms with van der Waals surface area (Å²) in [5.41, 5.74) is 0. The Morgan fingerprint density at radius 2 is 2.00 bits per heavy atom. The summed E-state index contributed by atoms with van der Waals surface area (Å²) in [7, 11) is 1.93. The fourth-order valence-electron chi connectivity index (χ4n) is 3.34.